The maximum atomic E-state index is 12.6. The van der Waals surface area contributed by atoms with Crippen LogP contribution in [0.1, 0.15) is 26.2 Å². The van der Waals surface area contributed by atoms with Gasteiger partial charge in [0.25, 0.3) is 5.91 Å². The van der Waals surface area contributed by atoms with Crippen molar-refractivity contribution in [3.63, 3.8) is 0 Å². The lowest BCUT2D eigenvalue weighted by Gasteiger charge is -2.35. The molecule has 3 atom stereocenters. The first-order valence-electron chi connectivity index (χ1n) is 9.01. The molecular formula is C18H25BrN2O4S. The summed E-state index contributed by atoms with van der Waals surface area (Å²) in [5, 5.41) is 2.92. The maximum absolute atomic E-state index is 12.6. The molecule has 1 amide bonds. The highest BCUT2D eigenvalue weighted by molar-refractivity contribution is 9.10. The minimum absolute atomic E-state index is 0.00487. The summed E-state index contributed by atoms with van der Waals surface area (Å²) in [4.78, 5) is 14.8. The zero-order valence-corrected chi connectivity index (χ0v) is 17.3. The van der Waals surface area contributed by atoms with Crippen LogP contribution in [0.2, 0.25) is 0 Å². The first kappa shape index (κ1) is 19.6. The Labute approximate surface area is 163 Å². The van der Waals surface area contributed by atoms with Gasteiger partial charge in [0.05, 0.1) is 17.5 Å². The Morgan fingerprint density at radius 2 is 1.85 bits per heavy atom. The van der Waals surface area contributed by atoms with Gasteiger partial charge in [-0.25, -0.2) is 8.42 Å². The molecule has 2 aliphatic heterocycles. The molecule has 3 rings (SSSR count). The first-order chi connectivity index (χ1) is 12.3. The van der Waals surface area contributed by atoms with Gasteiger partial charge in [-0.15, -0.1) is 0 Å². The summed E-state index contributed by atoms with van der Waals surface area (Å²) in [7, 11) is -3.13. The predicted molar refractivity (Wildman–Crippen MR) is 104 cm³/mol. The van der Waals surface area contributed by atoms with E-state index in [4.69, 9.17) is 4.74 Å². The van der Waals surface area contributed by atoms with Gasteiger partial charge >= 0.3 is 0 Å². The number of benzene rings is 1. The summed E-state index contributed by atoms with van der Waals surface area (Å²) >= 11 is 3.36. The van der Waals surface area contributed by atoms with Crippen LogP contribution in [-0.4, -0.2) is 62.0 Å². The molecule has 2 fully saturated rings. The van der Waals surface area contributed by atoms with Gasteiger partial charge in [-0.3, -0.25) is 9.69 Å². The first-order valence-corrected chi connectivity index (χ1v) is 11.6. The third-order valence-electron chi connectivity index (χ3n) is 5.01. The number of nitrogens with zero attached hydrogens (tertiary/aromatic N) is 1. The summed E-state index contributed by atoms with van der Waals surface area (Å²) in [5.74, 6) is 0.449. The Morgan fingerprint density at radius 1 is 1.19 bits per heavy atom. The number of ether oxygens (including phenoxy) is 1. The SMILES string of the molecule is CC(Oc1ccc(Br)cc1)C(=O)NC1CS(=O)(=O)CC1N1CCCCC1. The molecule has 0 saturated carbocycles. The molecule has 26 heavy (non-hydrogen) atoms. The van der Waals surface area contributed by atoms with E-state index in [0.29, 0.717) is 5.75 Å². The standard InChI is InChI=1S/C18H25BrN2O4S/c1-13(25-15-7-5-14(19)6-8-15)18(22)20-16-11-26(23,24)12-17(16)21-9-3-2-4-10-21/h5-8,13,16-17H,2-4,9-12H2,1H3,(H,20,22). The second kappa shape index (κ2) is 8.27. The lowest BCUT2D eigenvalue weighted by Crippen LogP contribution is -2.54. The Bertz CT molecular complexity index is 732. The third kappa shape index (κ3) is 4.98. The maximum Gasteiger partial charge on any atom is 0.261 e. The average molecular weight is 445 g/mol. The molecule has 144 valence electrons. The molecule has 0 spiro atoms. The van der Waals surface area contributed by atoms with Crippen LogP contribution in [-0.2, 0) is 14.6 Å². The van der Waals surface area contributed by atoms with Crippen LogP contribution in [0.4, 0.5) is 0 Å². The number of nitrogens with one attached hydrogen (secondary N) is 1. The van der Waals surface area contributed by atoms with E-state index in [2.05, 4.69) is 26.1 Å². The van der Waals surface area contributed by atoms with Crippen LogP contribution in [0.25, 0.3) is 0 Å². The minimum Gasteiger partial charge on any atom is -0.481 e. The zero-order valence-electron chi connectivity index (χ0n) is 14.9. The summed E-state index contributed by atoms with van der Waals surface area (Å²) in [6, 6.07) is 6.74. The molecule has 0 radical (unpaired) electrons. The number of hydrogen-bond acceptors (Lipinski definition) is 5. The smallest absolute Gasteiger partial charge is 0.261 e. The van der Waals surface area contributed by atoms with Crippen molar-refractivity contribution in [3.8, 4) is 5.75 Å². The van der Waals surface area contributed by atoms with Crippen molar-refractivity contribution in [2.75, 3.05) is 24.6 Å². The number of rotatable bonds is 5. The molecule has 6 nitrogen and oxygen atoms in total. The number of likely N-dealkylation sites (tertiary alicyclic amines) is 1. The normalized spacial score (nSPS) is 27.0. The molecule has 0 aliphatic carbocycles. The van der Waals surface area contributed by atoms with Crippen molar-refractivity contribution in [2.24, 2.45) is 0 Å². The van der Waals surface area contributed by atoms with Gasteiger partial charge in [-0.2, -0.15) is 0 Å². The van der Waals surface area contributed by atoms with Gasteiger partial charge in [0.15, 0.2) is 15.9 Å². The largest absolute Gasteiger partial charge is 0.481 e. The lowest BCUT2D eigenvalue weighted by molar-refractivity contribution is -0.128. The predicted octanol–water partition coefficient (Wildman–Crippen LogP) is 1.98. The lowest BCUT2D eigenvalue weighted by atomic mass is 10.0. The molecule has 8 heteroatoms. The van der Waals surface area contributed by atoms with E-state index in [9.17, 15) is 13.2 Å². The monoisotopic (exact) mass is 444 g/mol. The molecule has 1 aromatic rings. The highest BCUT2D eigenvalue weighted by Crippen LogP contribution is 2.23. The number of halogens is 1. The Morgan fingerprint density at radius 3 is 2.50 bits per heavy atom. The second-order valence-corrected chi connectivity index (χ2v) is 10.1. The number of piperidine rings is 1. The van der Waals surface area contributed by atoms with E-state index < -0.39 is 15.9 Å². The van der Waals surface area contributed by atoms with Crippen molar-refractivity contribution in [1.82, 2.24) is 10.2 Å². The van der Waals surface area contributed by atoms with E-state index in [1.54, 1.807) is 19.1 Å². The quantitative estimate of drug-likeness (QED) is 0.751. The van der Waals surface area contributed by atoms with Crippen LogP contribution < -0.4 is 10.1 Å². The highest BCUT2D eigenvalue weighted by Gasteiger charge is 2.42. The van der Waals surface area contributed by atoms with Gasteiger partial charge in [0.1, 0.15) is 5.75 Å². The fourth-order valence-electron chi connectivity index (χ4n) is 3.65. The molecule has 0 bridgehead atoms. The summed E-state index contributed by atoms with van der Waals surface area (Å²) in [6.07, 6.45) is 2.66. The summed E-state index contributed by atoms with van der Waals surface area (Å²) in [5.41, 5.74) is 0. The van der Waals surface area contributed by atoms with E-state index in [-0.39, 0.29) is 29.5 Å². The van der Waals surface area contributed by atoms with E-state index >= 15 is 0 Å². The van der Waals surface area contributed by atoms with Crippen LogP contribution >= 0.6 is 15.9 Å². The number of amides is 1. The number of sulfone groups is 1. The Kier molecular flexibility index (Phi) is 6.25. The van der Waals surface area contributed by atoms with Crippen molar-refractivity contribution in [2.45, 2.75) is 44.4 Å². The van der Waals surface area contributed by atoms with Crippen molar-refractivity contribution in [1.29, 1.82) is 0 Å². The molecule has 1 aromatic carbocycles. The number of carbonyl (C=O) groups is 1. The van der Waals surface area contributed by atoms with Gasteiger partial charge in [0.2, 0.25) is 0 Å². The molecule has 2 saturated heterocycles. The Hall–Kier alpha value is -1.12. The van der Waals surface area contributed by atoms with Gasteiger partial charge in [-0.1, -0.05) is 22.4 Å². The van der Waals surface area contributed by atoms with E-state index in [0.717, 1.165) is 30.4 Å². The fraction of sp³-hybridized carbons (Fsp3) is 0.611. The topological polar surface area (TPSA) is 75.7 Å². The molecule has 3 unspecified atom stereocenters. The minimum atomic E-state index is -3.13. The Balaban J connectivity index is 1.62. The van der Waals surface area contributed by atoms with Crippen molar-refractivity contribution in [3.05, 3.63) is 28.7 Å². The van der Waals surface area contributed by atoms with Gasteiger partial charge in [-0.05, 0) is 57.1 Å². The molecule has 2 aliphatic rings. The summed E-state index contributed by atoms with van der Waals surface area (Å²) < 4.78 is 30.9. The second-order valence-electron chi connectivity index (χ2n) is 7.07. The van der Waals surface area contributed by atoms with Crippen LogP contribution in [0.15, 0.2) is 28.7 Å². The van der Waals surface area contributed by atoms with E-state index in [1.165, 1.54) is 6.42 Å². The van der Waals surface area contributed by atoms with Gasteiger partial charge < -0.3 is 10.1 Å². The van der Waals surface area contributed by atoms with Crippen LogP contribution in [0.5, 0.6) is 5.75 Å². The highest BCUT2D eigenvalue weighted by atomic mass is 79.9. The van der Waals surface area contributed by atoms with Crippen LogP contribution in [0.3, 0.4) is 0 Å². The third-order valence-corrected chi connectivity index (χ3v) is 7.25. The zero-order chi connectivity index (χ0) is 18.7. The summed E-state index contributed by atoms with van der Waals surface area (Å²) in [6.45, 7) is 3.48. The van der Waals surface area contributed by atoms with Crippen molar-refractivity contribution >= 4 is 31.7 Å². The molecule has 1 N–H and O–H groups in total. The molecule has 2 heterocycles. The number of carbonyl (C=O) groups excluding carboxylic acids is 1. The fourth-order valence-corrected chi connectivity index (χ4v) is 5.86. The van der Waals surface area contributed by atoms with E-state index in [1.807, 2.05) is 12.1 Å². The average Bonchev–Trinajstić information content (AvgIpc) is 2.92. The van der Waals surface area contributed by atoms with Crippen molar-refractivity contribution < 1.29 is 17.9 Å². The van der Waals surface area contributed by atoms with Crippen LogP contribution in [0, 0.1) is 0 Å². The number of hydrogen-bond donors (Lipinski definition) is 1. The molecule has 0 aromatic heterocycles. The molecular weight excluding hydrogens is 420 g/mol. The van der Waals surface area contributed by atoms with Gasteiger partial charge in [0, 0.05) is 10.5 Å².